The second-order valence-electron chi connectivity index (χ2n) is 6.73. The summed E-state index contributed by atoms with van der Waals surface area (Å²) in [4.78, 5) is 27.3. The van der Waals surface area contributed by atoms with Crippen LogP contribution >= 0.6 is 12.4 Å². The van der Waals surface area contributed by atoms with Gasteiger partial charge in [-0.15, -0.1) is 17.5 Å². The number of halogens is 1. The van der Waals surface area contributed by atoms with Gasteiger partial charge in [-0.2, -0.15) is 0 Å². The van der Waals surface area contributed by atoms with Gasteiger partial charge in [0.15, 0.2) is 5.65 Å². The summed E-state index contributed by atoms with van der Waals surface area (Å²) >= 11 is 0. The number of hydrogen-bond acceptors (Lipinski definition) is 5. The molecule has 1 amide bonds. The Hall–Kier alpha value is -2.84. The lowest BCUT2D eigenvalue weighted by molar-refractivity contribution is -0.134. The van der Waals surface area contributed by atoms with E-state index in [0.717, 1.165) is 17.9 Å². The topological polar surface area (TPSA) is 80.9 Å². The van der Waals surface area contributed by atoms with Crippen molar-refractivity contribution in [2.24, 2.45) is 0 Å². The number of rotatable bonds is 5. The molecule has 1 fully saturated rings. The van der Waals surface area contributed by atoms with Gasteiger partial charge in [0.05, 0.1) is 19.7 Å². The van der Waals surface area contributed by atoms with Crippen LogP contribution in [0.25, 0.3) is 5.65 Å². The molecule has 9 heteroatoms. The van der Waals surface area contributed by atoms with Crippen LogP contribution in [0.15, 0.2) is 53.5 Å². The highest BCUT2D eigenvalue weighted by atomic mass is 35.5. The normalized spacial score (nSPS) is 16.4. The lowest BCUT2D eigenvalue weighted by atomic mass is 10.0. The number of amides is 1. The van der Waals surface area contributed by atoms with E-state index >= 15 is 0 Å². The Balaban J connectivity index is 0.00000240. The number of hydrogen-bond donors (Lipinski definition) is 1. The molecule has 1 aromatic carbocycles. The van der Waals surface area contributed by atoms with Gasteiger partial charge in [0.1, 0.15) is 5.75 Å². The Labute approximate surface area is 174 Å². The van der Waals surface area contributed by atoms with Crippen LogP contribution in [0.1, 0.15) is 18.0 Å². The summed E-state index contributed by atoms with van der Waals surface area (Å²) in [6.07, 6.45) is 1.90. The number of carbonyl (C=O) groups excluding carboxylic acids is 1. The molecule has 8 nitrogen and oxygen atoms in total. The van der Waals surface area contributed by atoms with Gasteiger partial charge in [0, 0.05) is 37.8 Å². The molecule has 1 unspecified atom stereocenters. The molecule has 0 radical (unpaired) electrons. The zero-order valence-corrected chi connectivity index (χ0v) is 17.0. The molecule has 1 saturated heterocycles. The Kier molecular flexibility index (Phi) is 6.56. The van der Waals surface area contributed by atoms with Crippen molar-refractivity contribution in [3.63, 3.8) is 0 Å². The highest BCUT2D eigenvalue weighted by Crippen LogP contribution is 2.30. The number of aryl methyl sites for hydroxylation is 1. The third-order valence-corrected chi connectivity index (χ3v) is 5.09. The highest BCUT2D eigenvalue weighted by Gasteiger charge is 2.29. The van der Waals surface area contributed by atoms with Crippen LogP contribution in [0.5, 0.6) is 5.75 Å². The standard InChI is InChI=1S/C20H23N5O3.ClH/c1-28-17-7-3-2-6-15(17)16-14-21-10-13-23(16)19(26)9-12-25-20(27)24-11-5-4-8-18(24)22-25;/h2-8,11,16,21H,9-10,12-14H2,1H3;1H. The number of benzene rings is 1. The first-order chi connectivity index (χ1) is 13.7. The van der Waals surface area contributed by atoms with Crippen LogP contribution < -0.4 is 15.7 Å². The predicted octanol–water partition coefficient (Wildman–Crippen LogP) is 1.49. The number of nitrogens with zero attached hydrogens (tertiary/aromatic N) is 4. The van der Waals surface area contributed by atoms with E-state index in [0.29, 0.717) is 18.7 Å². The number of piperazine rings is 1. The fourth-order valence-corrected chi connectivity index (χ4v) is 3.68. The van der Waals surface area contributed by atoms with Gasteiger partial charge in [-0.1, -0.05) is 24.3 Å². The van der Waals surface area contributed by atoms with Crippen molar-refractivity contribution in [2.75, 3.05) is 26.7 Å². The van der Waals surface area contributed by atoms with Crippen molar-refractivity contribution >= 4 is 24.0 Å². The molecule has 3 aromatic rings. The molecule has 3 heterocycles. The van der Waals surface area contributed by atoms with Crippen LogP contribution in [-0.2, 0) is 11.3 Å². The van der Waals surface area contributed by atoms with E-state index in [1.807, 2.05) is 35.2 Å². The second-order valence-corrected chi connectivity index (χ2v) is 6.73. The largest absolute Gasteiger partial charge is 0.496 e. The maximum atomic E-state index is 13.0. The molecule has 1 aliphatic rings. The first-order valence-electron chi connectivity index (χ1n) is 9.36. The zero-order chi connectivity index (χ0) is 19.5. The van der Waals surface area contributed by atoms with Crippen LogP contribution in [0.2, 0.25) is 0 Å². The number of nitrogens with one attached hydrogen (secondary N) is 1. The van der Waals surface area contributed by atoms with Gasteiger partial charge < -0.3 is 15.0 Å². The number of fused-ring (bicyclic) bond motifs is 1. The molecule has 0 spiro atoms. The van der Waals surface area contributed by atoms with Crippen molar-refractivity contribution < 1.29 is 9.53 Å². The van der Waals surface area contributed by atoms with Crippen LogP contribution in [0.3, 0.4) is 0 Å². The van der Waals surface area contributed by atoms with E-state index in [-0.39, 0.29) is 43.0 Å². The lowest BCUT2D eigenvalue weighted by Crippen LogP contribution is -2.49. The maximum Gasteiger partial charge on any atom is 0.350 e. The summed E-state index contributed by atoms with van der Waals surface area (Å²) in [6, 6.07) is 13.0. The Bertz CT molecular complexity index is 1050. The molecular weight excluding hydrogens is 394 g/mol. The summed E-state index contributed by atoms with van der Waals surface area (Å²) in [5, 5.41) is 7.65. The number of para-hydroxylation sites is 1. The van der Waals surface area contributed by atoms with E-state index < -0.39 is 0 Å². The van der Waals surface area contributed by atoms with Gasteiger partial charge in [-0.05, 0) is 18.2 Å². The van der Waals surface area contributed by atoms with Gasteiger partial charge >= 0.3 is 5.69 Å². The molecular formula is C20H24ClN5O3. The molecule has 1 aliphatic heterocycles. The average Bonchev–Trinajstić information content (AvgIpc) is 3.08. The first kappa shape index (κ1) is 20.9. The van der Waals surface area contributed by atoms with Crippen molar-refractivity contribution in [2.45, 2.75) is 19.0 Å². The Morgan fingerprint density at radius 2 is 2.03 bits per heavy atom. The minimum Gasteiger partial charge on any atom is -0.496 e. The van der Waals surface area contributed by atoms with Gasteiger partial charge in [-0.25, -0.2) is 9.48 Å². The Morgan fingerprint density at radius 1 is 1.24 bits per heavy atom. The number of ether oxygens (including phenoxy) is 1. The van der Waals surface area contributed by atoms with E-state index in [1.54, 1.807) is 25.4 Å². The van der Waals surface area contributed by atoms with E-state index in [4.69, 9.17) is 4.74 Å². The van der Waals surface area contributed by atoms with Crippen molar-refractivity contribution in [1.29, 1.82) is 0 Å². The number of aromatic nitrogens is 3. The predicted molar refractivity (Wildman–Crippen MR) is 112 cm³/mol. The minimum absolute atomic E-state index is 0. The van der Waals surface area contributed by atoms with E-state index in [1.165, 1.54) is 9.08 Å². The summed E-state index contributed by atoms with van der Waals surface area (Å²) in [7, 11) is 1.64. The molecule has 154 valence electrons. The van der Waals surface area contributed by atoms with Crippen LogP contribution in [0.4, 0.5) is 0 Å². The molecule has 0 aliphatic carbocycles. The number of carbonyl (C=O) groups is 1. The lowest BCUT2D eigenvalue weighted by Gasteiger charge is -2.37. The third-order valence-electron chi connectivity index (χ3n) is 5.09. The molecule has 2 aromatic heterocycles. The summed E-state index contributed by atoms with van der Waals surface area (Å²) in [5.74, 6) is 0.770. The summed E-state index contributed by atoms with van der Waals surface area (Å²) < 4.78 is 8.32. The van der Waals surface area contributed by atoms with Gasteiger partial charge in [0.2, 0.25) is 5.91 Å². The van der Waals surface area contributed by atoms with Gasteiger partial charge in [-0.3, -0.25) is 9.20 Å². The molecule has 0 bridgehead atoms. The number of methoxy groups -OCH3 is 1. The quantitative estimate of drug-likeness (QED) is 0.680. The van der Waals surface area contributed by atoms with E-state index in [9.17, 15) is 9.59 Å². The second kappa shape index (κ2) is 9.11. The fourth-order valence-electron chi connectivity index (χ4n) is 3.68. The average molecular weight is 418 g/mol. The summed E-state index contributed by atoms with van der Waals surface area (Å²) in [5.41, 5.74) is 1.33. The minimum atomic E-state index is -0.231. The van der Waals surface area contributed by atoms with Crippen LogP contribution in [-0.4, -0.2) is 51.7 Å². The molecule has 0 saturated carbocycles. The third kappa shape index (κ3) is 4.13. The first-order valence-corrected chi connectivity index (χ1v) is 9.36. The summed E-state index contributed by atoms with van der Waals surface area (Å²) in [6.45, 7) is 2.27. The van der Waals surface area contributed by atoms with Crippen molar-refractivity contribution in [3.8, 4) is 5.75 Å². The van der Waals surface area contributed by atoms with Crippen molar-refractivity contribution in [3.05, 3.63) is 64.7 Å². The molecule has 1 N–H and O–H groups in total. The smallest absolute Gasteiger partial charge is 0.350 e. The molecule has 29 heavy (non-hydrogen) atoms. The maximum absolute atomic E-state index is 13.0. The SMILES string of the molecule is COc1ccccc1C1CNCCN1C(=O)CCn1nc2ccccn2c1=O.Cl. The zero-order valence-electron chi connectivity index (χ0n) is 16.2. The van der Waals surface area contributed by atoms with E-state index in [2.05, 4.69) is 10.4 Å². The number of pyridine rings is 1. The highest BCUT2D eigenvalue weighted by molar-refractivity contribution is 5.85. The molecule has 1 atom stereocenters. The van der Waals surface area contributed by atoms with Crippen LogP contribution in [0, 0.1) is 0 Å². The molecule has 4 rings (SSSR count). The Morgan fingerprint density at radius 3 is 2.83 bits per heavy atom. The fraction of sp³-hybridized carbons (Fsp3) is 0.350. The monoisotopic (exact) mass is 417 g/mol. The van der Waals surface area contributed by atoms with Crippen molar-refractivity contribution in [1.82, 2.24) is 24.4 Å². The van der Waals surface area contributed by atoms with Gasteiger partial charge in [0.25, 0.3) is 0 Å².